The molecule has 0 fully saturated rings. The summed E-state index contributed by atoms with van der Waals surface area (Å²) in [5, 5.41) is 0. The summed E-state index contributed by atoms with van der Waals surface area (Å²) in [5.74, 6) is 1.13. The standard InChI is InChI=1S/C22H17NO5/c24-22(21-17(11-12-25-21)14-26-18-9-5-2-6-10-18)27-15-20-23-13-19(28-20)16-7-3-1-4-8-16/h1-13H,14-15H2. The van der Waals surface area contributed by atoms with Crippen molar-refractivity contribution in [1.29, 1.82) is 0 Å². The molecule has 0 aliphatic carbocycles. The predicted molar refractivity (Wildman–Crippen MR) is 101 cm³/mol. The Morgan fingerprint density at radius 1 is 0.929 bits per heavy atom. The van der Waals surface area contributed by atoms with Gasteiger partial charge >= 0.3 is 5.97 Å². The van der Waals surface area contributed by atoms with Crippen LogP contribution < -0.4 is 4.74 Å². The Hall–Kier alpha value is -3.80. The van der Waals surface area contributed by atoms with Crippen LogP contribution in [0.15, 0.2) is 88.0 Å². The predicted octanol–water partition coefficient (Wildman–Crippen LogP) is 4.87. The molecule has 0 atom stereocenters. The lowest BCUT2D eigenvalue weighted by atomic mass is 10.2. The average Bonchev–Trinajstić information content (AvgIpc) is 3.41. The minimum absolute atomic E-state index is 0.0919. The summed E-state index contributed by atoms with van der Waals surface area (Å²) in [6.45, 7) is 0.105. The van der Waals surface area contributed by atoms with E-state index in [0.717, 1.165) is 5.56 Å². The number of carbonyl (C=O) groups is 1. The maximum atomic E-state index is 12.3. The summed E-state index contributed by atoms with van der Waals surface area (Å²) in [6, 6.07) is 20.6. The molecule has 0 bridgehead atoms. The van der Waals surface area contributed by atoms with Crippen LogP contribution in [0.4, 0.5) is 0 Å². The molecule has 0 aliphatic rings. The number of hydrogen-bond acceptors (Lipinski definition) is 6. The number of ether oxygens (including phenoxy) is 2. The molecule has 6 nitrogen and oxygen atoms in total. The molecule has 0 saturated heterocycles. The van der Waals surface area contributed by atoms with Crippen molar-refractivity contribution in [3.63, 3.8) is 0 Å². The molecule has 140 valence electrons. The number of oxazole rings is 1. The van der Waals surface area contributed by atoms with Gasteiger partial charge in [-0.05, 0) is 18.2 Å². The first kappa shape index (κ1) is 17.6. The molecule has 0 radical (unpaired) electrons. The first-order valence-corrected chi connectivity index (χ1v) is 8.71. The highest BCUT2D eigenvalue weighted by atomic mass is 16.6. The Labute approximate surface area is 161 Å². The SMILES string of the molecule is O=C(OCc1ncc(-c2ccccc2)o1)c1occc1COc1ccccc1. The van der Waals surface area contributed by atoms with Gasteiger partial charge in [-0.1, -0.05) is 48.5 Å². The van der Waals surface area contributed by atoms with Gasteiger partial charge in [-0.25, -0.2) is 9.78 Å². The van der Waals surface area contributed by atoms with E-state index in [1.165, 1.54) is 6.26 Å². The highest BCUT2D eigenvalue weighted by molar-refractivity contribution is 5.87. The van der Waals surface area contributed by atoms with Crippen molar-refractivity contribution in [3.8, 4) is 17.1 Å². The van der Waals surface area contributed by atoms with E-state index in [-0.39, 0.29) is 19.0 Å². The lowest BCUT2D eigenvalue weighted by Crippen LogP contribution is -2.08. The molecule has 6 heteroatoms. The first-order valence-electron chi connectivity index (χ1n) is 8.71. The summed E-state index contributed by atoms with van der Waals surface area (Å²) in [5.41, 5.74) is 1.50. The molecule has 0 aliphatic heterocycles. The monoisotopic (exact) mass is 375 g/mol. The van der Waals surface area contributed by atoms with Crippen molar-refractivity contribution in [2.75, 3.05) is 0 Å². The van der Waals surface area contributed by atoms with Gasteiger partial charge in [0.15, 0.2) is 12.4 Å². The van der Waals surface area contributed by atoms with Gasteiger partial charge in [0.25, 0.3) is 0 Å². The second-order valence-corrected chi connectivity index (χ2v) is 5.94. The number of benzene rings is 2. The zero-order valence-electron chi connectivity index (χ0n) is 14.9. The van der Waals surface area contributed by atoms with Crippen LogP contribution in [0.2, 0.25) is 0 Å². The molecular weight excluding hydrogens is 358 g/mol. The number of furan rings is 1. The molecule has 4 rings (SSSR count). The number of esters is 1. The van der Waals surface area contributed by atoms with Crippen molar-refractivity contribution >= 4 is 5.97 Å². The van der Waals surface area contributed by atoms with Crippen LogP contribution >= 0.6 is 0 Å². The van der Waals surface area contributed by atoms with Crippen LogP contribution in [-0.4, -0.2) is 11.0 Å². The van der Waals surface area contributed by atoms with E-state index in [1.54, 1.807) is 12.3 Å². The van der Waals surface area contributed by atoms with Crippen LogP contribution in [-0.2, 0) is 18.0 Å². The van der Waals surface area contributed by atoms with Crippen LogP contribution in [0.5, 0.6) is 5.75 Å². The van der Waals surface area contributed by atoms with Crippen LogP contribution in [0, 0.1) is 0 Å². The fourth-order valence-corrected chi connectivity index (χ4v) is 2.61. The fourth-order valence-electron chi connectivity index (χ4n) is 2.61. The van der Waals surface area contributed by atoms with Gasteiger partial charge in [0.2, 0.25) is 11.7 Å². The number of nitrogens with zero attached hydrogens (tertiary/aromatic N) is 1. The summed E-state index contributed by atoms with van der Waals surface area (Å²) in [4.78, 5) is 16.5. The average molecular weight is 375 g/mol. The van der Waals surface area contributed by atoms with Gasteiger partial charge < -0.3 is 18.3 Å². The molecular formula is C22H17NO5. The quantitative estimate of drug-likeness (QED) is 0.429. The van der Waals surface area contributed by atoms with Crippen LogP contribution in [0.3, 0.4) is 0 Å². The van der Waals surface area contributed by atoms with Gasteiger partial charge in [0, 0.05) is 11.1 Å². The topological polar surface area (TPSA) is 74.7 Å². The summed E-state index contributed by atoms with van der Waals surface area (Å²) in [7, 11) is 0. The lowest BCUT2D eigenvalue weighted by Gasteiger charge is -2.06. The number of hydrogen-bond donors (Lipinski definition) is 0. The lowest BCUT2D eigenvalue weighted by molar-refractivity contribution is 0.0399. The smallest absolute Gasteiger partial charge is 0.375 e. The molecule has 0 spiro atoms. The van der Waals surface area contributed by atoms with Crippen molar-refractivity contribution < 1.29 is 23.1 Å². The van der Waals surface area contributed by atoms with E-state index in [2.05, 4.69) is 4.98 Å². The minimum atomic E-state index is -0.601. The van der Waals surface area contributed by atoms with E-state index in [9.17, 15) is 4.79 Å². The number of rotatable bonds is 7. The molecule has 0 amide bonds. The minimum Gasteiger partial charge on any atom is -0.489 e. The van der Waals surface area contributed by atoms with Crippen LogP contribution in [0.25, 0.3) is 11.3 Å². The van der Waals surface area contributed by atoms with Gasteiger partial charge in [-0.15, -0.1) is 0 Å². The van der Waals surface area contributed by atoms with E-state index < -0.39 is 5.97 Å². The second kappa shape index (κ2) is 8.26. The Morgan fingerprint density at radius 3 is 2.46 bits per heavy atom. The van der Waals surface area contributed by atoms with E-state index in [4.69, 9.17) is 18.3 Å². The molecule has 28 heavy (non-hydrogen) atoms. The van der Waals surface area contributed by atoms with Crippen molar-refractivity contribution in [2.24, 2.45) is 0 Å². The fraction of sp³-hybridized carbons (Fsp3) is 0.0909. The molecule has 0 saturated carbocycles. The largest absolute Gasteiger partial charge is 0.489 e. The summed E-state index contributed by atoms with van der Waals surface area (Å²) in [6.07, 6.45) is 3.03. The summed E-state index contributed by atoms with van der Waals surface area (Å²) >= 11 is 0. The van der Waals surface area contributed by atoms with Gasteiger partial charge in [0.05, 0.1) is 12.5 Å². The molecule has 2 aromatic heterocycles. The van der Waals surface area contributed by atoms with E-state index in [0.29, 0.717) is 23.0 Å². The van der Waals surface area contributed by atoms with Crippen molar-refractivity contribution in [3.05, 3.63) is 96.4 Å². The third-order valence-electron chi connectivity index (χ3n) is 4.01. The van der Waals surface area contributed by atoms with Crippen molar-refractivity contribution in [2.45, 2.75) is 13.2 Å². The molecule has 4 aromatic rings. The zero-order valence-corrected chi connectivity index (χ0v) is 14.9. The molecule has 0 N–H and O–H groups in total. The highest BCUT2D eigenvalue weighted by Gasteiger charge is 2.19. The maximum Gasteiger partial charge on any atom is 0.375 e. The molecule has 2 aromatic carbocycles. The molecule has 0 unspecified atom stereocenters. The highest BCUT2D eigenvalue weighted by Crippen LogP contribution is 2.21. The third kappa shape index (κ3) is 4.12. The zero-order chi connectivity index (χ0) is 19.2. The summed E-state index contributed by atoms with van der Waals surface area (Å²) < 4.78 is 21.8. The third-order valence-corrected chi connectivity index (χ3v) is 4.01. The molecule has 2 heterocycles. The van der Waals surface area contributed by atoms with E-state index >= 15 is 0 Å². The Kier molecular flexibility index (Phi) is 5.20. The first-order chi connectivity index (χ1) is 13.8. The number of para-hydroxylation sites is 1. The number of carbonyl (C=O) groups excluding carboxylic acids is 1. The second-order valence-electron chi connectivity index (χ2n) is 5.94. The Morgan fingerprint density at radius 2 is 1.68 bits per heavy atom. The van der Waals surface area contributed by atoms with E-state index in [1.807, 2.05) is 60.7 Å². The number of aromatic nitrogens is 1. The van der Waals surface area contributed by atoms with Gasteiger partial charge in [-0.2, -0.15) is 0 Å². The Balaban J connectivity index is 1.36. The normalized spacial score (nSPS) is 10.6. The van der Waals surface area contributed by atoms with Gasteiger partial charge in [-0.3, -0.25) is 0 Å². The van der Waals surface area contributed by atoms with Crippen molar-refractivity contribution in [1.82, 2.24) is 4.98 Å². The maximum absolute atomic E-state index is 12.3. The van der Waals surface area contributed by atoms with Gasteiger partial charge in [0.1, 0.15) is 12.4 Å². The van der Waals surface area contributed by atoms with Crippen LogP contribution in [0.1, 0.15) is 22.0 Å². The Bertz CT molecular complexity index is 1040.